The van der Waals surface area contributed by atoms with E-state index in [2.05, 4.69) is 10.3 Å². The molecule has 0 spiro atoms. The van der Waals surface area contributed by atoms with Crippen molar-refractivity contribution in [2.45, 2.75) is 38.3 Å². The highest BCUT2D eigenvalue weighted by Crippen LogP contribution is 2.41. The van der Waals surface area contributed by atoms with Gasteiger partial charge in [0.1, 0.15) is 6.04 Å². The molecule has 0 saturated carbocycles. The molecule has 1 aromatic heterocycles. The van der Waals surface area contributed by atoms with E-state index in [9.17, 15) is 18.4 Å². The minimum Gasteiger partial charge on any atom is -0.373 e. The lowest BCUT2D eigenvalue weighted by atomic mass is 9.80. The summed E-state index contributed by atoms with van der Waals surface area (Å²) in [5.74, 6) is -2.26. The molecule has 1 amide bonds. The molecule has 2 aromatic carbocycles. The van der Waals surface area contributed by atoms with Crippen LogP contribution in [-0.4, -0.2) is 28.9 Å². The quantitative estimate of drug-likeness (QED) is 0.682. The third-order valence-electron chi connectivity index (χ3n) is 6.24. The van der Waals surface area contributed by atoms with Gasteiger partial charge in [0.25, 0.3) is 5.56 Å². The van der Waals surface area contributed by atoms with Gasteiger partial charge in [0.05, 0.1) is 11.4 Å². The Balaban J connectivity index is 1.70. The number of benzene rings is 2. The number of aromatic nitrogens is 1. The van der Waals surface area contributed by atoms with Gasteiger partial charge in [-0.25, -0.2) is 8.78 Å². The van der Waals surface area contributed by atoms with Crippen LogP contribution in [0.5, 0.6) is 0 Å². The third-order valence-corrected chi connectivity index (χ3v) is 6.24. The molecule has 7 heteroatoms. The molecular weight excluding hydrogens is 388 g/mol. The first-order valence-corrected chi connectivity index (χ1v) is 9.76. The van der Waals surface area contributed by atoms with E-state index in [1.807, 2.05) is 38.1 Å². The van der Waals surface area contributed by atoms with Crippen LogP contribution >= 0.6 is 0 Å². The average molecular weight is 411 g/mol. The van der Waals surface area contributed by atoms with E-state index in [1.165, 1.54) is 6.20 Å². The largest absolute Gasteiger partial charge is 0.373 e. The maximum Gasteiger partial charge on any atom is 0.255 e. The van der Waals surface area contributed by atoms with Crippen molar-refractivity contribution < 1.29 is 13.6 Å². The van der Waals surface area contributed by atoms with Crippen LogP contribution in [-0.2, 0) is 10.2 Å². The number of likely N-dealkylation sites (N-methyl/N-ethyl adjacent to an activating group) is 1. The first-order valence-electron chi connectivity index (χ1n) is 9.76. The van der Waals surface area contributed by atoms with Crippen molar-refractivity contribution in [3.05, 3.63) is 75.7 Å². The minimum atomic E-state index is -1.09. The number of H-pyrrole nitrogens is 1. The van der Waals surface area contributed by atoms with Gasteiger partial charge in [-0.15, -0.1) is 0 Å². The SMILES string of the molecule is CC(c1c[nH]c(=O)c2cc(F)c(F)cc12)N(C)C(=O)C1Nc2ccccc2C1(C)C. The molecule has 5 nitrogen and oxygen atoms in total. The van der Waals surface area contributed by atoms with Gasteiger partial charge in [0, 0.05) is 24.3 Å². The highest BCUT2D eigenvalue weighted by molar-refractivity contribution is 5.91. The van der Waals surface area contributed by atoms with Crippen molar-refractivity contribution in [1.82, 2.24) is 9.88 Å². The molecular formula is C23H23F2N3O2. The van der Waals surface area contributed by atoms with Crippen LogP contribution in [0.15, 0.2) is 47.4 Å². The summed E-state index contributed by atoms with van der Waals surface area (Å²) in [6.45, 7) is 5.82. The number of aromatic amines is 1. The number of fused-ring (bicyclic) bond motifs is 2. The zero-order chi connectivity index (χ0) is 21.8. The fourth-order valence-electron chi connectivity index (χ4n) is 4.25. The van der Waals surface area contributed by atoms with Crippen LogP contribution < -0.4 is 10.9 Å². The number of carbonyl (C=O) groups excluding carboxylic acids is 1. The topological polar surface area (TPSA) is 65.2 Å². The van der Waals surface area contributed by atoms with Gasteiger partial charge in [-0.1, -0.05) is 32.0 Å². The monoisotopic (exact) mass is 411 g/mol. The first kappa shape index (κ1) is 20.1. The molecule has 30 heavy (non-hydrogen) atoms. The minimum absolute atomic E-state index is 0.0471. The normalized spacial score (nSPS) is 18.0. The van der Waals surface area contributed by atoms with E-state index >= 15 is 0 Å². The summed E-state index contributed by atoms with van der Waals surface area (Å²) in [4.78, 5) is 29.7. The van der Waals surface area contributed by atoms with Crippen molar-refractivity contribution in [2.75, 3.05) is 12.4 Å². The van der Waals surface area contributed by atoms with E-state index < -0.39 is 34.7 Å². The average Bonchev–Trinajstić information content (AvgIpc) is 2.99. The summed E-state index contributed by atoms with van der Waals surface area (Å²) in [7, 11) is 1.67. The third kappa shape index (κ3) is 2.96. The van der Waals surface area contributed by atoms with Gasteiger partial charge in [-0.3, -0.25) is 9.59 Å². The Morgan fingerprint density at radius 1 is 1.13 bits per heavy atom. The van der Waals surface area contributed by atoms with E-state index in [1.54, 1.807) is 18.9 Å². The molecule has 0 radical (unpaired) electrons. The summed E-state index contributed by atoms with van der Waals surface area (Å²) in [6.07, 6.45) is 1.46. The standard InChI is InChI=1S/C23H23F2N3O2/c1-12(15-11-26-21(29)14-10-18(25)17(24)9-13(14)15)28(4)22(30)20-23(2,3)16-7-5-6-8-19(16)27-20/h5-12,20,27H,1-4H3,(H,26,29). The lowest BCUT2D eigenvalue weighted by Crippen LogP contribution is -2.48. The Kier molecular flexibility index (Phi) is 4.64. The first-order chi connectivity index (χ1) is 14.1. The molecule has 2 heterocycles. The van der Waals surface area contributed by atoms with E-state index in [4.69, 9.17) is 0 Å². The molecule has 2 unspecified atom stereocenters. The Morgan fingerprint density at radius 3 is 2.43 bits per heavy atom. The molecule has 2 atom stereocenters. The Morgan fingerprint density at radius 2 is 1.77 bits per heavy atom. The lowest BCUT2D eigenvalue weighted by Gasteiger charge is -2.33. The van der Waals surface area contributed by atoms with Crippen molar-refractivity contribution in [3.63, 3.8) is 0 Å². The van der Waals surface area contributed by atoms with Crippen molar-refractivity contribution in [1.29, 1.82) is 0 Å². The maximum atomic E-state index is 13.9. The van der Waals surface area contributed by atoms with E-state index in [0.717, 1.165) is 23.4 Å². The second-order valence-electron chi connectivity index (χ2n) is 8.35. The maximum absolute atomic E-state index is 13.9. The van der Waals surface area contributed by atoms with E-state index in [0.29, 0.717) is 5.56 Å². The van der Waals surface area contributed by atoms with Crippen LogP contribution in [0.25, 0.3) is 10.8 Å². The molecule has 3 aromatic rings. The zero-order valence-electron chi connectivity index (χ0n) is 17.2. The molecule has 0 aliphatic carbocycles. The van der Waals surface area contributed by atoms with E-state index in [-0.39, 0.29) is 16.7 Å². The van der Waals surface area contributed by atoms with Crippen molar-refractivity contribution in [2.24, 2.45) is 0 Å². The number of nitrogens with zero attached hydrogens (tertiary/aromatic N) is 1. The number of amides is 1. The number of anilines is 1. The number of carbonyl (C=O) groups is 1. The molecule has 0 fully saturated rings. The number of halogens is 2. The summed E-state index contributed by atoms with van der Waals surface area (Å²) < 4.78 is 27.6. The second-order valence-corrected chi connectivity index (χ2v) is 8.35. The molecule has 4 rings (SSSR count). The van der Waals surface area contributed by atoms with Crippen LogP contribution in [0.3, 0.4) is 0 Å². The number of pyridine rings is 1. The fraction of sp³-hybridized carbons (Fsp3) is 0.304. The molecule has 1 aliphatic rings. The van der Waals surface area contributed by atoms with Crippen LogP contribution in [0.2, 0.25) is 0 Å². The van der Waals surface area contributed by atoms with Gasteiger partial charge in [-0.05, 0) is 41.6 Å². The van der Waals surface area contributed by atoms with Crippen LogP contribution in [0.1, 0.15) is 37.9 Å². The van der Waals surface area contributed by atoms with Gasteiger partial charge in [-0.2, -0.15) is 0 Å². The summed E-state index contributed by atoms with van der Waals surface area (Å²) in [6, 6.07) is 8.75. The summed E-state index contributed by atoms with van der Waals surface area (Å²) >= 11 is 0. The van der Waals surface area contributed by atoms with Crippen LogP contribution in [0, 0.1) is 11.6 Å². The predicted octanol–water partition coefficient (Wildman–Crippen LogP) is 4.10. The Bertz CT molecular complexity index is 1220. The predicted molar refractivity (Wildman–Crippen MR) is 113 cm³/mol. The molecule has 2 N–H and O–H groups in total. The molecule has 0 bridgehead atoms. The van der Waals surface area contributed by atoms with Gasteiger partial charge >= 0.3 is 0 Å². The molecule has 0 saturated heterocycles. The number of rotatable bonds is 3. The highest BCUT2D eigenvalue weighted by atomic mass is 19.2. The number of hydrogen-bond donors (Lipinski definition) is 2. The van der Waals surface area contributed by atoms with Gasteiger partial charge in [0.15, 0.2) is 11.6 Å². The fourth-order valence-corrected chi connectivity index (χ4v) is 4.25. The number of nitrogens with one attached hydrogen (secondary N) is 2. The lowest BCUT2D eigenvalue weighted by molar-refractivity contribution is -0.133. The van der Waals surface area contributed by atoms with Crippen LogP contribution in [0.4, 0.5) is 14.5 Å². The number of para-hydroxylation sites is 1. The molecule has 1 aliphatic heterocycles. The Hall–Kier alpha value is -3.22. The second kappa shape index (κ2) is 6.93. The van der Waals surface area contributed by atoms with Gasteiger partial charge in [0.2, 0.25) is 5.91 Å². The van der Waals surface area contributed by atoms with Crippen molar-refractivity contribution >= 4 is 22.4 Å². The van der Waals surface area contributed by atoms with Crippen molar-refractivity contribution in [3.8, 4) is 0 Å². The number of hydrogen-bond acceptors (Lipinski definition) is 3. The smallest absolute Gasteiger partial charge is 0.255 e. The summed E-state index contributed by atoms with van der Waals surface area (Å²) in [5, 5.41) is 3.65. The molecule has 156 valence electrons. The Labute approximate surface area is 172 Å². The highest BCUT2D eigenvalue weighted by Gasteiger charge is 2.45. The zero-order valence-corrected chi connectivity index (χ0v) is 17.2. The van der Waals surface area contributed by atoms with Gasteiger partial charge < -0.3 is 15.2 Å². The summed E-state index contributed by atoms with van der Waals surface area (Å²) in [5.41, 5.74) is 1.59.